The van der Waals surface area contributed by atoms with Crippen molar-refractivity contribution in [3.8, 4) is 5.75 Å². The minimum Gasteiger partial charge on any atom is -0.506 e. The number of carbonyl (C=O) groups is 2. The number of benzene rings is 1. The lowest BCUT2D eigenvalue weighted by Gasteiger charge is -2.07. The first-order chi connectivity index (χ1) is 10.4. The fourth-order valence-electron chi connectivity index (χ4n) is 1.33. The van der Waals surface area contributed by atoms with E-state index in [0.29, 0.717) is 5.57 Å². The lowest BCUT2D eigenvalue weighted by Crippen LogP contribution is -2.14. The van der Waals surface area contributed by atoms with Gasteiger partial charge in [-0.2, -0.15) is 0 Å². The second-order valence-electron chi connectivity index (χ2n) is 4.33. The topological polar surface area (TPSA) is 82.1 Å². The maximum absolute atomic E-state index is 11.7. The van der Waals surface area contributed by atoms with Crippen LogP contribution in [0.3, 0.4) is 0 Å². The van der Waals surface area contributed by atoms with E-state index in [1.165, 1.54) is 18.2 Å². The molecule has 6 nitrogen and oxygen atoms in total. The van der Waals surface area contributed by atoms with Gasteiger partial charge in [0.25, 0.3) is 0 Å². The Morgan fingerprint density at radius 2 is 1.82 bits per heavy atom. The summed E-state index contributed by atoms with van der Waals surface area (Å²) in [6.45, 7) is 5.52. The van der Waals surface area contributed by atoms with E-state index in [9.17, 15) is 14.7 Å². The van der Waals surface area contributed by atoms with Crippen LogP contribution in [-0.2, 0) is 19.0 Å². The van der Waals surface area contributed by atoms with E-state index in [4.69, 9.17) is 25.8 Å². The number of phenolic OH excluding ortho intramolecular Hbond substituents is 1. The van der Waals surface area contributed by atoms with Crippen molar-refractivity contribution in [1.82, 2.24) is 0 Å². The Labute approximate surface area is 133 Å². The summed E-state index contributed by atoms with van der Waals surface area (Å²) in [5.74, 6) is -1.15. The quantitative estimate of drug-likeness (QED) is 0.448. The zero-order valence-electron chi connectivity index (χ0n) is 12.1. The Morgan fingerprint density at radius 1 is 1.18 bits per heavy atom. The van der Waals surface area contributed by atoms with E-state index in [-0.39, 0.29) is 42.8 Å². The molecule has 0 aliphatic heterocycles. The third-order valence-electron chi connectivity index (χ3n) is 2.45. The van der Waals surface area contributed by atoms with Crippen LogP contribution in [0.2, 0.25) is 5.02 Å². The number of aromatic hydroxyl groups is 1. The smallest absolute Gasteiger partial charge is 0.338 e. The van der Waals surface area contributed by atoms with Crippen LogP contribution in [0.4, 0.5) is 0 Å². The van der Waals surface area contributed by atoms with Crippen LogP contribution in [0.5, 0.6) is 5.75 Å². The number of rotatable bonds is 8. The normalized spacial score (nSPS) is 10.1. The van der Waals surface area contributed by atoms with Crippen LogP contribution in [-0.4, -0.2) is 43.5 Å². The molecule has 0 spiro atoms. The van der Waals surface area contributed by atoms with E-state index in [1.807, 2.05) is 0 Å². The van der Waals surface area contributed by atoms with E-state index < -0.39 is 11.9 Å². The van der Waals surface area contributed by atoms with Crippen molar-refractivity contribution in [2.24, 2.45) is 0 Å². The molecule has 0 bridgehead atoms. The van der Waals surface area contributed by atoms with Crippen LogP contribution >= 0.6 is 11.6 Å². The summed E-state index contributed by atoms with van der Waals surface area (Å²) in [4.78, 5) is 22.7. The molecule has 0 aliphatic rings. The Morgan fingerprint density at radius 3 is 2.41 bits per heavy atom. The van der Waals surface area contributed by atoms with Gasteiger partial charge in [-0.25, -0.2) is 9.59 Å². The van der Waals surface area contributed by atoms with Crippen LogP contribution < -0.4 is 0 Å². The number of hydrogen-bond acceptors (Lipinski definition) is 6. The number of esters is 2. The van der Waals surface area contributed by atoms with Gasteiger partial charge < -0.3 is 19.3 Å². The Balaban J connectivity index is 2.16. The third kappa shape index (κ3) is 6.15. The molecule has 120 valence electrons. The van der Waals surface area contributed by atoms with Gasteiger partial charge in [0.2, 0.25) is 0 Å². The zero-order valence-corrected chi connectivity index (χ0v) is 12.9. The average molecular weight is 329 g/mol. The first-order valence-electron chi connectivity index (χ1n) is 6.48. The third-order valence-corrected chi connectivity index (χ3v) is 2.76. The van der Waals surface area contributed by atoms with Crippen LogP contribution in [0, 0.1) is 0 Å². The minimum atomic E-state index is -0.570. The molecule has 0 heterocycles. The summed E-state index contributed by atoms with van der Waals surface area (Å²) in [6, 6.07) is 4.03. The summed E-state index contributed by atoms with van der Waals surface area (Å²) >= 11 is 5.69. The predicted octanol–water partition coefficient (Wildman–Crippen LogP) is 2.34. The molecular formula is C15H17ClO6. The Bertz CT molecular complexity index is 555. The van der Waals surface area contributed by atoms with Gasteiger partial charge in [-0.1, -0.05) is 18.2 Å². The van der Waals surface area contributed by atoms with Crippen LogP contribution in [0.15, 0.2) is 30.4 Å². The highest BCUT2D eigenvalue weighted by Crippen LogP contribution is 2.23. The van der Waals surface area contributed by atoms with Crippen molar-refractivity contribution in [1.29, 1.82) is 0 Å². The maximum atomic E-state index is 11.7. The SMILES string of the molecule is C=C(C)C(=O)OCCOCCOC(=O)c1ccc(O)c(Cl)c1. The molecule has 1 rings (SSSR count). The molecule has 0 saturated carbocycles. The molecule has 7 heteroatoms. The van der Waals surface area contributed by atoms with E-state index in [0.717, 1.165) is 0 Å². The molecule has 1 N–H and O–H groups in total. The number of halogens is 1. The Kier molecular flexibility index (Phi) is 7.42. The van der Waals surface area contributed by atoms with E-state index in [2.05, 4.69) is 6.58 Å². The van der Waals surface area contributed by atoms with Crippen molar-refractivity contribution in [3.63, 3.8) is 0 Å². The van der Waals surface area contributed by atoms with Gasteiger partial charge in [-0.05, 0) is 25.1 Å². The highest BCUT2D eigenvalue weighted by Gasteiger charge is 2.09. The van der Waals surface area contributed by atoms with Gasteiger partial charge in [-0.15, -0.1) is 0 Å². The summed E-state index contributed by atoms with van der Waals surface area (Å²) in [5.41, 5.74) is 0.555. The predicted molar refractivity (Wildman–Crippen MR) is 80.0 cm³/mol. The summed E-state index contributed by atoms with van der Waals surface area (Å²) < 4.78 is 14.9. The zero-order chi connectivity index (χ0) is 16.5. The molecule has 0 atom stereocenters. The van der Waals surface area contributed by atoms with Gasteiger partial charge in [0.1, 0.15) is 19.0 Å². The van der Waals surface area contributed by atoms with Crippen LogP contribution in [0.25, 0.3) is 0 Å². The monoisotopic (exact) mass is 328 g/mol. The molecule has 1 aromatic rings. The number of carbonyl (C=O) groups excluding carboxylic acids is 2. The number of phenols is 1. The fraction of sp³-hybridized carbons (Fsp3) is 0.333. The molecule has 0 saturated heterocycles. The summed E-state index contributed by atoms with van der Waals surface area (Å²) in [5, 5.41) is 9.32. The van der Waals surface area contributed by atoms with Gasteiger partial charge in [0.05, 0.1) is 23.8 Å². The Hall–Kier alpha value is -2.05. The first-order valence-corrected chi connectivity index (χ1v) is 6.85. The molecule has 0 aromatic heterocycles. The minimum absolute atomic E-state index is 0.0474. The number of ether oxygens (including phenoxy) is 3. The fourth-order valence-corrected chi connectivity index (χ4v) is 1.51. The van der Waals surface area contributed by atoms with Crippen molar-refractivity contribution in [3.05, 3.63) is 40.9 Å². The van der Waals surface area contributed by atoms with Crippen LogP contribution in [0.1, 0.15) is 17.3 Å². The van der Waals surface area contributed by atoms with E-state index in [1.54, 1.807) is 6.92 Å². The molecular weight excluding hydrogens is 312 g/mol. The van der Waals surface area contributed by atoms with Crippen molar-refractivity contribution in [2.45, 2.75) is 6.92 Å². The summed E-state index contributed by atoms with van der Waals surface area (Å²) in [6.07, 6.45) is 0. The lowest BCUT2D eigenvalue weighted by molar-refractivity contribution is -0.140. The van der Waals surface area contributed by atoms with Crippen molar-refractivity contribution >= 4 is 23.5 Å². The molecule has 0 aliphatic carbocycles. The molecule has 0 radical (unpaired) electrons. The molecule has 0 unspecified atom stereocenters. The van der Waals surface area contributed by atoms with Gasteiger partial charge in [-0.3, -0.25) is 0 Å². The average Bonchev–Trinajstić information content (AvgIpc) is 2.48. The first kappa shape index (κ1) is 18.0. The summed E-state index contributed by atoms with van der Waals surface area (Å²) in [7, 11) is 0. The molecule has 0 fully saturated rings. The van der Waals surface area contributed by atoms with Gasteiger partial charge in [0.15, 0.2) is 0 Å². The standard InChI is InChI=1S/C15H17ClO6/c1-10(2)14(18)21-7-5-20-6-8-22-15(19)11-3-4-13(17)12(16)9-11/h3-4,9,17H,1,5-8H2,2H3. The maximum Gasteiger partial charge on any atom is 0.338 e. The van der Waals surface area contributed by atoms with Crippen molar-refractivity contribution < 1.29 is 28.9 Å². The second-order valence-corrected chi connectivity index (χ2v) is 4.74. The van der Waals surface area contributed by atoms with Gasteiger partial charge >= 0.3 is 11.9 Å². The molecule has 0 amide bonds. The highest BCUT2D eigenvalue weighted by atomic mass is 35.5. The highest BCUT2D eigenvalue weighted by molar-refractivity contribution is 6.32. The number of hydrogen-bond donors (Lipinski definition) is 1. The second kappa shape index (κ2) is 9.07. The largest absolute Gasteiger partial charge is 0.506 e. The molecule has 1 aromatic carbocycles. The van der Waals surface area contributed by atoms with Gasteiger partial charge in [0, 0.05) is 5.57 Å². The molecule has 22 heavy (non-hydrogen) atoms. The van der Waals surface area contributed by atoms with E-state index >= 15 is 0 Å². The van der Waals surface area contributed by atoms with Crippen molar-refractivity contribution in [2.75, 3.05) is 26.4 Å². The lowest BCUT2D eigenvalue weighted by atomic mass is 10.2.